The number of esters is 1. The number of rotatable bonds is 4. The van der Waals surface area contributed by atoms with Gasteiger partial charge in [0.05, 0.1) is 12.7 Å². The zero-order valence-corrected chi connectivity index (χ0v) is 11.7. The van der Waals surface area contributed by atoms with Gasteiger partial charge < -0.3 is 9.47 Å². The predicted molar refractivity (Wildman–Crippen MR) is 72.2 cm³/mol. The third-order valence-corrected chi connectivity index (χ3v) is 4.85. The van der Waals surface area contributed by atoms with Gasteiger partial charge >= 0.3 is 5.97 Å². The summed E-state index contributed by atoms with van der Waals surface area (Å²) in [6.07, 6.45) is 9.74. The molecule has 3 heteroatoms. The van der Waals surface area contributed by atoms with Gasteiger partial charge in [-0.25, -0.2) is 4.79 Å². The number of carbonyl (C=O) groups is 1. The number of ether oxygens (including phenoxy) is 2. The second-order valence-corrected chi connectivity index (χ2v) is 5.99. The molecule has 0 radical (unpaired) electrons. The Kier molecular flexibility index (Phi) is 3.38. The fourth-order valence-electron chi connectivity index (χ4n) is 4.16. The second kappa shape index (κ2) is 5.03. The predicted octanol–water partition coefficient (Wildman–Crippen LogP) is 3.07. The van der Waals surface area contributed by atoms with Gasteiger partial charge in [0.25, 0.3) is 0 Å². The van der Waals surface area contributed by atoms with Crippen LogP contribution in [0.25, 0.3) is 0 Å². The summed E-state index contributed by atoms with van der Waals surface area (Å²) in [7, 11) is 0. The van der Waals surface area contributed by atoms with Crippen molar-refractivity contribution >= 4 is 5.97 Å². The van der Waals surface area contributed by atoms with Crippen molar-refractivity contribution in [3.05, 3.63) is 24.0 Å². The van der Waals surface area contributed by atoms with Crippen LogP contribution in [-0.2, 0) is 14.3 Å². The quantitative estimate of drug-likeness (QED) is 0.338. The van der Waals surface area contributed by atoms with Crippen LogP contribution >= 0.6 is 0 Å². The Morgan fingerprint density at radius 3 is 2.42 bits per heavy atom. The first-order chi connectivity index (χ1) is 9.17. The highest BCUT2D eigenvalue weighted by atomic mass is 16.5. The normalized spacial score (nSPS) is 39.5. The van der Waals surface area contributed by atoms with E-state index in [2.05, 4.69) is 12.2 Å². The van der Waals surface area contributed by atoms with Crippen molar-refractivity contribution in [2.24, 2.45) is 23.7 Å². The van der Waals surface area contributed by atoms with E-state index in [1.807, 2.05) is 6.92 Å². The van der Waals surface area contributed by atoms with E-state index in [-0.39, 0.29) is 12.1 Å². The summed E-state index contributed by atoms with van der Waals surface area (Å²) in [5, 5.41) is 0. The van der Waals surface area contributed by atoms with Crippen LogP contribution < -0.4 is 0 Å². The van der Waals surface area contributed by atoms with E-state index in [9.17, 15) is 4.79 Å². The molecule has 2 fully saturated rings. The summed E-state index contributed by atoms with van der Waals surface area (Å²) in [5.74, 6) is 3.39. The smallest absolute Gasteiger partial charge is 0.334 e. The maximum absolute atomic E-state index is 11.8. The lowest BCUT2D eigenvalue weighted by molar-refractivity contribution is -0.143. The Balaban J connectivity index is 1.53. The van der Waals surface area contributed by atoms with Crippen molar-refractivity contribution in [3.8, 4) is 0 Å². The minimum Gasteiger partial charge on any atom is -0.498 e. The molecule has 104 valence electrons. The zero-order chi connectivity index (χ0) is 13.4. The van der Waals surface area contributed by atoms with E-state index in [4.69, 9.17) is 9.47 Å². The minimum absolute atomic E-state index is 0.110. The standard InChI is InChI=1S/C16H22O3/c1-3-18-10(2)6-16(17)19-13-8-14-11-4-5-12(7-11)15(14)9-13/h4-6,11-15H,3,7-9H2,1-2H3/b10-6+. The largest absolute Gasteiger partial charge is 0.498 e. The van der Waals surface area contributed by atoms with Gasteiger partial charge in [0, 0.05) is 0 Å². The van der Waals surface area contributed by atoms with Crippen molar-refractivity contribution in [1.29, 1.82) is 0 Å². The maximum Gasteiger partial charge on any atom is 0.334 e. The molecular formula is C16H22O3. The molecule has 3 aliphatic carbocycles. The van der Waals surface area contributed by atoms with Crippen LogP contribution in [0.15, 0.2) is 24.0 Å². The monoisotopic (exact) mass is 262 g/mol. The molecular weight excluding hydrogens is 240 g/mol. The number of hydrogen-bond acceptors (Lipinski definition) is 3. The fraction of sp³-hybridized carbons (Fsp3) is 0.688. The minimum atomic E-state index is -0.253. The number of fused-ring (bicyclic) bond motifs is 5. The Morgan fingerprint density at radius 2 is 1.84 bits per heavy atom. The first kappa shape index (κ1) is 12.8. The van der Waals surface area contributed by atoms with Crippen molar-refractivity contribution < 1.29 is 14.3 Å². The van der Waals surface area contributed by atoms with Crippen molar-refractivity contribution in [3.63, 3.8) is 0 Å². The zero-order valence-electron chi connectivity index (χ0n) is 11.7. The SMILES string of the molecule is CCO/C(C)=C/C(=O)OC1CC2C3C=CC(C3)C2C1. The van der Waals surface area contributed by atoms with Crippen LogP contribution in [0.2, 0.25) is 0 Å². The summed E-state index contributed by atoms with van der Waals surface area (Å²) in [4.78, 5) is 11.8. The molecule has 0 N–H and O–H groups in total. The first-order valence-electron chi connectivity index (χ1n) is 7.37. The van der Waals surface area contributed by atoms with Gasteiger partial charge in [-0.1, -0.05) is 12.2 Å². The third kappa shape index (κ3) is 2.43. The van der Waals surface area contributed by atoms with Crippen LogP contribution in [0.1, 0.15) is 33.1 Å². The van der Waals surface area contributed by atoms with Crippen LogP contribution in [0.5, 0.6) is 0 Å². The topological polar surface area (TPSA) is 35.5 Å². The molecule has 0 aromatic heterocycles. The molecule has 0 heterocycles. The highest BCUT2D eigenvalue weighted by molar-refractivity contribution is 5.82. The van der Waals surface area contributed by atoms with Gasteiger partial charge in [-0.3, -0.25) is 0 Å². The number of allylic oxidation sites excluding steroid dienone is 3. The molecule has 0 amide bonds. The van der Waals surface area contributed by atoms with Crippen LogP contribution in [0, 0.1) is 23.7 Å². The van der Waals surface area contributed by atoms with Crippen molar-refractivity contribution in [1.82, 2.24) is 0 Å². The highest BCUT2D eigenvalue weighted by Gasteiger charge is 2.50. The molecule has 3 aliphatic rings. The molecule has 0 aromatic carbocycles. The summed E-state index contributed by atoms with van der Waals surface area (Å²) >= 11 is 0. The van der Waals surface area contributed by atoms with E-state index in [0.29, 0.717) is 12.4 Å². The van der Waals surface area contributed by atoms with Gasteiger partial charge in [0.1, 0.15) is 11.9 Å². The lowest BCUT2D eigenvalue weighted by atomic mass is 9.86. The van der Waals surface area contributed by atoms with Crippen molar-refractivity contribution in [2.45, 2.75) is 39.2 Å². The van der Waals surface area contributed by atoms with Crippen LogP contribution in [-0.4, -0.2) is 18.7 Å². The van der Waals surface area contributed by atoms with E-state index in [1.54, 1.807) is 6.92 Å². The molecule has 2 bridgehead atoms. The Morgan fingerprint density at radius 1 is 1.21 bits per heavy atom. The molecule has 0 saturated heterocycles. The molecule has 4 atom stereocenters. The molecule has 0 aromatic rings. The Bertz CT molecular complexity index is 404. The summed E-state index contributed by atoms with van der Waals surface area (Å²) in [6.45, 7) is 4.28. The highest BCUT2D eigenvalue weighted by Crippen LogP contribution is 2.55. The number of carbonyl (C=O) groups excluding carboxylic acids is 1. The van der Waals surface area contributed by atoms with Gasteiger partial charge in [0.2, 0.25) is 0 Å². The van der Waals surface area contributed by atoms with Crippen LogP contribution in [0.4, 0.5) is 0 Å². The average molecular weight is 262 g/mol. The van der Waals surface area contributed by atoms with Gasteiger partial charge in [0.15, 0.2) is 0 Å². The molecule has 0 spiro atoms. The van der Waals surface area contributed by atoms with Gasteiger partial charge in [-0.15, -0.1) is 0 Å². The summed E-state index contributed by atoms with van der Waals surface area (Å²) in [5.41, 5.74) is 0. The van der Waals surface area contributed by atoms with Gasteiger partial charge in [-0.05, 0) is 56.8 Å². The molecule has 3 nitrogen and oxygen atoms in total. The van der Waals surface area contributed by atoms with Gasteiger partial charge in [-0.2, -0.15) is 0 Å². The Hall–Kier alpha value is -1.25. The van der Waals surface area contributed by atoms with E-state index >= 15 is 0 Å². The average Bonchev–Trinajstić information content (AvgIpc) is 2.98. The summed E-state index contributed by atoms with van der Waals surface area (Å²) < 4.78 is 10.8. The molecule has 2 saturated carbocycles. The molecule has 3 rings (SSSR count). The second-order valence-electron chi connectivity index (χ2n) is 5.99. The third-order valence-electron chi connectivity index (χ3n) is 4.85. The van der Waals surface area contributed by atoms with E-state index < -0.39 is 0 Å². The van der Waals surface area contributed by atoms with Crippen LogP contribution in [0.3, 0.4) is 0 Å². The molecule has 4 unspecified atom stereocenters. The number of hydrogen-bond donors (Lipinski definition) is 0. The Labute approximate surface area is 114 Å². The first-order valence-corrected chi connectivity index (χ1v) is 7.37. The molecule has 19 heavy (non-hydrogen) atoms. The maximum atomic E-state index is 11.8. The lowest BCUT2D eigenvalue weighted by Gasteiger charge is -2.18. The van der Waals surface area contributed by atoms with E-state index in [0.717, 1.165) is 36.5 Å². The van der Waals surface area contributed by atoms with E-state index in [1.165, 1.54) is 12.5 Å². The van der Waals surface area contributed by atoms with Crippen molar-refractivity contribution in [2.75, 3.05) is 6.61 Å². The fourth-order valence-corrected chi connectivity index (χ4v) is 4.16. The summed E-state index contributed by atoms with van der Waals surface area (Å²) in [6, 6.07) is 0. The lowest BCUT2D eigenvalue weighted by Crippen LogP contribution is -2.15. The molecule has 0 aliphatic heterocycles.